The molecule has 0 atom stereocenters. The number of halogens is 1. The van der Waals surface area contributed by atoms with E-state index in [2.05, 4.69) is 12.1 Å². The number of aromatic nitrogens is 5. The van der Waals surface area contributed by atoms with Crippen molar-refractivity contribution < 1.29 is 0 Å². The third-order valence-electron chi connectivity index (χ3n) is 6.39. The quantitative estimate of drug-likeness (QED) is 0.282. The fourth-order valence-electron chi connectivity index (χ4n) is 4.80. The highest BCUT2D eigenvalue weighted by molar-refractivity contribution is 7.19. The molecule has 0 N–H and O–H groups in total. The summed E-state index contributed by atoms with van der Waals surface area (Å²) in [6, 6.07) is 18.0. The molecule has 0 spiro atoms. The van der Waals surface area contributed by atoms with E-state index in [1.807, 2.05) is 58.3 Å². The molecule has 0 unspecified atom stereocenters. The molecule has 7 rings (SSSR count). The van der Waals surface area contributed by atoms with Crippen LogP contribution < -0.4 is 0 Å². The molecule has 5 nitrogen and oxygen atoms in total. The first-order chi connectivity index (χ1) is 16.2. The van der Waals surface area contributed by atoms with Crippen LogP contribution in [-0.4, -0.2) is 24.6 Å². The second kappa shape index (κ2) is 7.33. The maximum Gasteiger partial charge on any atom is 0.183 e. The highest BCUT2D eigenvalue weighted by atomic mass is 35.5. The zero-order chi connectivity index (χ0) is 21.9. The number of thiophene rings is 1. The molecular weight excluding hydrogens is 450 g/mol. The molecule has 2 aromatic carbocycles. The Bertz CT molecular complexity index is 1680. The van der Waals surface area contributed by atoms with Crippen molar-refractivity contribution in [2.45, 2.75) is 25.7 Å². The first-order valence-corrected chi connectivity index (χ1v) is 12.3. The summed E-state index contributed by atoms with van der Waals surface area (Å²) in [5, 5.41) is 7.77. The van der Waals surface area contributed by atoms with Gasteiger partial charge in [0.05, 0.1) is 16.6 Å². The van der Waals surface area contributed by atoms with Gasteiger partial charge in [-0.25, -0.2) is 19.5 Å². The monoisotopic (exact) mass is 467 g/mol. The van der Waals surface area contributed by atoms with Gasteiger partial charge in [0.15, 0.2) is 11.5 Å². The zero-order valence-electron chi connectivity index (χ0n) is 17.6. The normalized spacial score (nSPS) is 13.7. The second-order valence-electron chi connectivity index (χ2n) is 8.42. The van der Waals surface area contributed by atoms with E-state index in [1.165, 1.54) is 28.7 Å². The van der Waals surface area contributed by atoms with E-state index >= 15 is 0 Å². The maximum atomic E-state index is 6.11. The molecule has 1 aliphatic carbocycles. The van der Waals surface area contributed by atoms with Gasteiger partial charge in [-0.05, 0) is 55.5 Å². The summed E-state index contributed by atoms with van der Waals surface area (Å²) in [5.74, 6) is 0.689. The lowest BCUT2D eigenvalue weighted by molar-refractivity contribution is 0.700. The molecule has 160 valence electrons. The Morgan fingerprint density at radius 2 is 1.79 bits per heavy atom. The second-order valence-corrected chi connectivity index (χ2v) is 9.94. The SMILES string of the molecule is Clc1ccc(-c2cc(-c3nc4c5c6c(sc5ncn4n3)CCCC6)c3ccccc3n2)cc1. The van der Waals surface area contributed by atoms with Crippen LogP contribution in [0.5, 0.6) is 0 Å². The fourth-order valence-corrected chi connectivity index (χ4v) is 6.15. The molecule has 1 aliphatic rings. The van der Waals surface area contributed by atoms with Crippen molar-refractivity contribution in [1.82, 2.24) is 24.6 Å². The lowest BCUT2D eigenvalue weighted by Gasteiger charge is -2.09. The van der Waals surface area contributed by atoms with Gasteiger partial charge in [-0.3, -0.25) is 0 Å². The Morgan fingerprint density at radius 1 is 0.939 bits per heavy atom. The standard InChI is InChI=1S/C26H18ClN5S/c27-16-11-9-15(10-12-16)21-13-19(17-5-1-3-7-20(17)29-21)24-30-25-23-18-6-2-4-8-22(18)33-26(23)28-14-32(25)31-24/h1,3,5,7,9-14H,2,4,6,8H2. The van der Waals surface area contributed by atoms with Gasteiger partial charge >= 0.3 is 0 Å². The Hall–Kier alpha value is -3.35. The third kappa shape index (κ3) is 3.05. The Balaban J connectivity index is 1.49. The predicted molar refractivity (Wildman–Crippen MR) is 134 cm³/mol. The Labute approximate surface area is 198 Å². The van der Waals surface area contributed by atoms with Gasteiger partial charge in [-0.15, -0.1) is 16.4 Å². The van der Waals surface area contributed by atoms with E-state index in [0.717, 1.165) is 51.0 Å². The number of para-hydroxylation sites is 1. The number of nitrogens with zero attached hydrogens (tertiary/aromatic N) is 5. The number of hydrogen-bond acceptors (Lipinski definition) is 5. The summed E-state index contributed by atoms with van der Waals surface area (Å²) < 4.78 is 1.83. The lowest BCUT2D eigenvalue weighted by Crippen LogP contribution is -1.99. The average Bonchev–Trinajstić information content (AvgIpc) is 3.45. The van der Waals surface area contributed by atoms with Crippen molar-refractivity contribution in [2.75, 3.05) is 0 Å². The molecule has 0 saturated heterocycles. The number of rotatable bonds is 2. The molecule has 6 aromatic rings. The minimum Gasteiger partial charge on any atom is -0.248 e. The summed E-state index contributed by atoms with van der Waals surface area (Å²) in [6.45, 7) is 0. The van der Waals surface area contributed by atoms with Crippen LogP contribution in [0.15, 0.2) is 60.9 Å². The fraction of sp³-hybridized carbons (Fsp3) is 0.154. The average molecular weight is 468 g/mol. The smallest absolute Gasteiger partial charge is 0.183 e. The van der Waals surface area contributed by atoms with Gasteiger partial charge in [0.25, 0.3) is 0 Å². The van der Waals surface area contributed by atoms with Crippen molar-refractivity contribution in [1.29, 1.82) is 0 Å². The third-order valence-corrected chi connectivity index (χ3v) is 7.84. The van der Waals surface area contributed by atoms with Crippen LogP contribution in [0.4, 0.5) is 0 Å². The van der Waals surface area contributed by atoms with E-state index in [4.69, 9.17) is 31.7 Å². The van der Waals surface area contributed by atoms with Crippen LogP contribution >= 0.6 is 22.9 Å². The number of benzene rings is 2. The topological polar surface area (TPSA) is 56.0 Å². The maximum absolute atomic E-state index is 6.11. The van der Waals surface area contributed by atoms with Crippen molar-refractivity contribution >= 4 is 49.7 Å². The summed E-state index contributed by atoms with van der Waals surface area (Å²) in [4.78, 5) is 17.2. The molecular formula is C26H18ClN5S. The molecule has 7 heteroatoms. The van der Waals surface area contributed by atoms with Crippen LogP contribution in [0.25, 0.3) is 49.4 Å². The number of pyridine rings is 1. The van der Waals surface area contributed by atoms with Gasteiger partial charge < -0.3 is 0 Å². The van der Waals surface area contributed by atoms with Crippen LogP contribution in [0.1, 0.15) is 23.3 Å². The van der Waals surface area contributed by atoms with Gasteiger partial charge in [0.1, 0.15) is 11.2 Å². The molecule has 0 radical (unpaired) electrons. The highest BCUT2D eigenvalue weighted by Gasteiger charge is 2.22. The zero-order valence-corrected chi connectivity index (χ0v) is 19.2. The summed E-state index contributed by atoms with van der Waals surface area (Å²) in [7, 11) is 0. The van der Waals surface area contributed by atoms with Crippen LogP contribution in [0, 0.1) is 0 Å². The molecule has 0 amide bonds. The van der Waals surface area contributed by atoms with Gasteiger partial charge in [-0.1, -0.05) is 41.9 Å². The Morgan fingerprint density at radius 3 is 2.70 bits per heavy atom. The van der Waals surface area contributed by atoms with E-state index in [0.29, 0.717) is 10.8 Å². The molecule has 33 heavy (non-hydrogen) atoms. The largest absolute Gasteiger partial charge is 0.248 e. The Kier molecular flexibility index (Phi) is 4.26. The summed E-state index contributed by atoms with van der Waals surface area (Å²) >= 11 is 7.92. The molecule has 0 bridgehead atoms. The van der Waals surface area contributed by atoms with Crippen molar-refractivity contribution in [3.05, 3.63) is 76.4 Å². The van der Waals surface area contributed by atoms with E-state index in [1.54, 1.807) is 6.33 Å². The summed E-state index contributed by atoms with van der Waals surface area (Å²) in [6.07, 6.45) is 6.51. The van der Waals surface area contributed by atoms with E-state index in [9.17, 15) is 0 Å². The molecule has 4 aromatic heterocycles. The first kappa shape index (κ1) is 19.1. The van der Waals surface area contributed by atoms with E-state index < -0.39 is 0 Å². The van der Waals surface area contributed by atoms with Crippen LogP contribution in [-0.2, 0) is 12.8 Å². The number of aryl methyl sites for hydroxylation is 2. The van der Waals surface area contributed by atoms with Crippen LogP contribution in [0.3, 0.4) is 0 Å². The molecule has 0 aliphatic heterocycles. The van der Waals surface area contributed by atoms with Crippen LogP contribution in [0.2, 0.25) is 5.02 Å². The molecule has 0 saturated carbocycles. The van der Waals surface area contributed by atoms with Gasteiger partial charge in [0, 0.05) is 26.4 Å². The van der Waals surface area contributed by atoms with Crippen molar-refractivity contribution in [3.63, 3.8) is 0 Å². The minimum absolute atomic E-state index is 0.689. The molecule has 4 heterocycles. The predicted octanol–water partition coefficient (Wildman–Crippen LogP) is 6.75. The summed E-state index contributed by atoms with van der Waals surface area (Å²) in [5.41, 5.74) is 6.06. The lowest BCUT2D eigenvalue weighted by atomic mass is 9.97. The minimum atomic E-state index is 0.689. The first-order valence-electron chi connectivity index (χ1n) is 11.1. The van der Waals surface area contributed by atoms with Gasteiger partial charge in [-0.2, -0.15) is 0 Å². The van der Waals surface area contributed by atoms with Crippen molar-refractivity contribution in [2.24, 2.45) is 0 Å². The highest BCUT2D eigenvalue weighted by Crippen LogP contribution is 2.38. The van der Waals surface area contributed by atoms with Gasteiger partial charge in [0.2, 0.25) is 0 Å². The molecule has 0 fully saturated rings. The van der Waals surface area contributed by atoms with E-state index in [-0.39, 0.29) is 0 Å². The van der Waals surface area contributed by atoms with Crippen molar-refractivity contribution in [3.8, 4) is 22.6 Å². The number of hydrogen-bond donors (Lipinski definition) is 0. The number of fused-ring (bicyclic) bond motifs is 6.